The Morgan fingerprint density at radius 1 is 0.971 bits per heavy atom. The number of Topliss-reactive ketones (excluding diaryl/α,β-unsaturated/α-hetero) is 1. The van der Waals surface area contributed by atoms with Crippen LogP contribution < -0.4 is 14.4 Å². The molecular formula is C26H20N2O5S. The largest absolute Gasteiger partial charge is 0.507 e. The first kappa shape index (κ1) is 21.7. The number of aromatic nitrogens is 1. The Kier molecular flexibility index (Phi) is 5.51. The molecular weight excluding hydrogens is 452 g/mol. The normalized spacial score (nSPS) is 17.4. The molecule has 3 aromatic carbocycles. The molecule has 8 heteroatoms. The molecule has 1 N–H and O–H groups in total. The molecule has 4 aromatic rings. The van der Waals surface area contributed by atoms with Gasteiger partial charge in [-0.2, -0.15) is 0 Å². The van der Waals surface area contributed by atoms with E-state index < -0.39 is 17.7 Å². The monoisotopic (exact) mass is 472 g/mol. The SMILES string of the molecule is COc1ccc(OC)c(C2/C(=C(/O)c3ccccc3)C(=O)C(=O)N2c2nc3ccccc3s2)c1. The molecule has 1 unspecified atom stereocenters. The maximum absolute atomic E-state index is 13.4. The number of ketones is 1. The number of carbonyl (C=O) groups excluding carboxylic acids is 2. The van der Waals surface area contributed by atoms with Crippen molar-refractivity contribution in [2.45, 2.75) is 6.04 Å². The van der Waals surface area contributed by atoms with Gasteiger partial charge in [0.1, 0.15) is 23.3 Å². The molecule has 1 atom stereocenters. The lowest BCUT2D eigenvalue weighted by molar-refractivity contribution is -0.132. The van der Waals surface area contributed by atoms with Crippen molar-refractivity contribution in [1.29, 1.82) is 0 Å². The Balaban J connectivity index is 1.79. The third-order valence-corrected chi connectivity index (χ3v) is 6.75. The highest BCUT2D eigenvalue weighted by Gasteiger charge is 2.49. The van der Waals surface area contributed by atoms with Crippen LogP contribution in [0.3, 0.4) is 0 Å². The molecule has 0 saturated carbocycles. The highest BCUT2D eigenvalue weighted by molar-refractivity contribution is 7.22. The number of carbonyl (C=O) groups is 2. The minimum absolute atomic E-state index is 0.0398. The van der Waals surface area contributed by atoms with Crippen LogP contribution >= 0.6 is 11.3 Å². The van der Waals surface area contributed by atoms with E-state index in [4.69, 9.17) is 9.47 Å². The van der Waals surface area contributed by atoms with Crippen LogP contribution in [0.25, 0.3) is 16.0 Å². The summed E-state index contributed by atoms with van der Waals surface area (Å²) >= 11 is 1.30. The van der Waals surface area contributed by atoms with E-state index in [1.54, 1.807) is 48.5 Å². The van der Waals surface area contributed by atoms with Crippen molar-refractivity contribution in [2.75, 3.05) is 19.1 Å². The van der Waals surface area contributed by atoms with Gasteiger partial charge in [0.15, 0.2) is 5.13 Å². The molecule has 170 valence electrons. The quantitative estimate of drug-likeness (QED) is 0.251. The van der Waals surface area contributed by atoms with Crippen molar-refractivity contribution in [1.82, 2.24) is 4.98 Å². The number of rotatable bonds is 5. The summed E-state index contributed by atoms with van der Waals surface area (Å²) in [7, 11) is 3.03. The molecule has 2 heterocycles. The number of fused-ring (bicyclic) bond motifs is 1. The van der Waals surface area contributed by atoms with E-state index in [2.05, 4.69) is 4.98 Å². The number of amides is 1. The summed E-state index contributed by atoms with van der Waals surface area (Å²) in [4.78, 5) is 32.7. The van der Waals surface area contributed by atoms with Crippen molar-refractivity contribution in [3.63, 3.8) is 0 Å². The van der Waals surface area contributed by atoms with Gasteiger partial charge in [-0.3, -0.25) is 14.5 Å². The van der Waals surface area contributed by atoms with Gasteiger partial charge >= 0.3 is 5.91 Å². The van der Waals surface area contributed by atoms with Gasteiger partial charge in [-0.15, -0.1) is 0 Å². The molecule has 1 aliphatic rings. The highest BCUT2D eigenvalue weighted by Crippen LogP contribution is 2.47. The van der Waals surface area contributed by atoms with Crippen LogP contribution in [0.1, 0.15) is 17.2 Å². The van der Waals surface area contributed by atoms with Crippen LogP contribution in [0.2, 0.25) is 0 Å². The molecule has 1 aliphatic heterocycles. The smallest absolute Gasteiger partial charge is 0.301 e. The van der Waals surface area contributed by atoms with Crippen molar-refractivity contribution in [3.8, 4) is 11.5 Å². The number of nitrogens with zero attached hydrogens (tertiary/aromatic N) is 2. The van der Waals surface area contributed by atoms with Crippen LogP contribution in [-0.4, -0.2) is 36.0 Å². The predicted octanol–water partition coefficient (Wildman–Crippen LogP) is 4.94. The number of hydrogen-bond acceptors (Lipinski definition) is 7. The average molecular weight is 473 g/mol. The van der Waals surface area contributed by atoms with E-state index in [9.17, 15) is 14.7 Å². The number of hydrogen-bond donors (Lipinski definition) is 1. The Morgan fingerprint density at radius 3 is 2.41 bits per heavy atom. The molecule has 1 amide bonds. The second-order valence-corrected chi connectivity index (χ2v) is 8.62. The molecule has 1 fully saturated rings. The molecule has 7 nitrogen and oxygen atoms in total. The first-order valence-electron chi connectivity index (χ1n) is 10.5. The van der Waals surface area contributed by atoms with Gasteiger partial charge in [0, 0.05) is 11.1 Å². The fourth-order valence-electron chi connectivity index (χ4n) is 4.09. The lowest BCUT2D eigenvalue weighted by Crippen LogP contribution is -2.29. The second kappa shape index (κ2) is 8.64. The van der Waals surface area contributed by atoms with Crippen LogP contribution in [0.5, 0.6) is 11.5 Å². The Bertz CT molecular complexity index is 1410. The van der Waals surface area contributed by atoms with Gasteiger partial charge in [-0.25, -0.2) is 4.98 Å². The van der Waals surface area contributed by atoms with Gasteiger partial charge in [-0.1, -0.05) is 53.8 Å². The Labute approximate surface area is 199 Å². The van der Waals surface area contributed by atoms with Gasteiger partial charge in [-0.05, 0) is 30.3 Å². The van der Waals surface area contributed by atoms with Gasteiger partial charge in [0.2, 0.25) is 0 Å². The minimum Gasteiger partial charge on any atom is -0.507 e. The van der Waals surface area contributed by atoms with Crippen molar-refractivity contribution in [3.05, 3.63) is 89.5 Å². The summed E-state index contributed by atoms with van der Waals surface area (Å²) in [6.07, 6.45) is 0. The van der Waals surface area contributed by atoms with Crippen molar-refractivity contribution >= 4 is 44.1 Å². The predicted molar refractivity (Wildman–Crippen MR) is 130 cm³/mol. The highest BCUT2D eigenvalue weighted by atomic mass is 32.1. The molecule has 5 rings (SSSR count). The van der Waals surface area contributed by atoms with E-state index in [0.29, 0.717) is 33.3 Å². The maximum atomic E-state index is 13.4. The number of ether oxygens (including phenoxy) is 2. The van der Waals surface area contributed by atoms with Crippen LogP contribution in [0.15, 0.2) is 78.4 Å². The lowest BCUT2D eigenvalue weighted by Gasteiger charge is -2.25. The van der Waals surface area contributed by atoms with Crippen LogP contribution in [0, 0.1) is 0 Å². The minimum atomic E-state index is -0.967. The zero-order chi connectivity index (χ0) is 23.8. The summed E-state index contributed by atoms with van der Waals surface area (Å²) in [6, 6.07) is 20.3. The molecule has 0 bridgehead atoms. The number of aliphatic hydroxyl groups excluding tert-OH is 1. The fourth-order valence-corrected chi connectivity index (χ4v) is 5.08. The molecule has 0 aliphatic carbocycles. The molecule has 0 spiro atoms. The number of thiazole rings is 1. The maximum Gasteiger partial charge on any atom is 0.301 e. The summed E-state index contributed by atoms with van der Waals surface area (Å²) < 4.78 is 11.9. The van der Waals surface area contributed by atoms with Gasteiger partial charge in [0.25, 0.3) is 5.78 Å². The Morgan fingerprint density at radius 2 is 1.71 bits per heavy atom. The zero-order valence-corrected chi connectivity index (χ0v) is 19.2. The van der Waals surface area contributed by atoms with Crippen LogP contribution in [-0.2, 0) is 9.59 Å². The van der Waals surface area contributed by atoms with E-state index in [-0.39, 0.29) is 11.3 Å². The molecule has 1 aromatic heterocycles. The number of para-hydroxylation sites is 1. The molecule has 0 radical (unpaired) electrons. The third kappa shape index (κ3) is 3.48. The van der Waals surface area contributed by atoms with Crippen LogP contribution in [0.4, 0.5) is 5.13 Å². The van der Waals surface area contributed by atoms with Crippen molar-refractivity contribution in [2.24, 2.45) is 0 Å². The Hall–Kier alpha value is -4.17. The van der Waals surface area contributed by atoms with E-state index in [1.165, 1.54) is 30.5 Å². The lowest BCUT2D eigenvalue weighted by atomic mass is 9.94. The number of methoxy groups -OCH3 is 2. The topological polar surface area (TPSA) is 89.0 Å². The van der Waals surface area contributed by atoms with Gasteiger partial charge in [0.05, 0.1) is 30.0 Å². The first-order valence-corrected chi connectivity index (χ1v) is 11.3. The summed E-state index contributed by atoms with van der Waals surface area (Å²) in [5, 5.41) is 11.6. The van der Waals surface area contributed by atoms with E-state index in [1.807, 2.05) is 24.3 Å². The first-order chi connectivity index (χ1) is 16.5. The molecule has 1 saturated heterocycles. The fraction of sp³-hybridized carbons (Fsp3) is 0.115. The van der Waals surface area contributed by atoms with E-state index in [0.717, 1.165) is 4.70 Å². The molecule has 34 heavy (non-hydrogen) atoms. The average Bonchev–Trinajstić information content (AvgIpc) is 3.42. The van der Waals surface area contributed by atoms with Crippen molar-refractivity contribution < 1.29 is 24.2 Å². The number of aliphatic hydroxyl groups is 1. The third-order valence-electron chi connectivity index (χ3n) is 5.71. The summed E-state index contributed by atoms with van der Waals surface area (Å²) in [5.41, 5.74) is 1.60. The summed E-state index contributed by atoms with van der Waals surface area (Å²) in [6.45, 7) is 0. The standard InChI is InChI=1S/C26H20N2O5S/c1-32-16-12-13-19(33-2)17(14-16)22-21(23(29)15-8-4-3-5-9-15)24(30)25(31)28(22)26-27-18-10-6-7-11-20(18)34-26/h3-14,22,29H,1-2H3/b23-21-. The summed E-state index contributed by atoms with van der Waals surface area (Å²) in [5.74, 6) is -0.873. The number of anilines is 1. The number of benzene rings is 3. The zero-order valence-electron chi connectivity index (χ0n) is 18.4. The second-order valence-electron chi connectivity index (χ2n) is 7.61. The van der Waals surface area contributed by atoms with Gasteiger partial charge < -0.3 is 14.6 Å². The van der Waals surface area contributed by atoms with E-state index >= 15 is 0 Å².